The van der Waals surface area contributed by atoms with Crippen LogP contribution in [0.5, 0.6) is 0 Å². The summed E-state index contributed by atoms with van der Waals surface area (Å²) in [4.78, 5) is 32.2. The number of H-pyrrole nitrogens is 1. The van der Waals surface area contributed by atoms with Crippen LogP contribution in [0.3, 0.4) is 0 Å². The number of hydroxylamine groups is 1. The van der Waals surface area contributed by atoms with Crippen LogP contribution in [0.1, 0.15) is 43.9 Å². The molecule has 1 aromatic carbocycles. The van der Waals surface area contributed by atoms with E-state index in [-0.39, 0.29) is 17.4 Å². The number of aromatic nitrogens is 1. The van der Waals surface area contributed by atoms with Crippen molar-refractivity contribution in [3.8, 4) is 0 Å². The molecule has 0 bridgehead atoms. The molecule has 0 radical (unpaired) electrons. The van der Waals surface area contributed by atoms with E-state index in [0.717, 1.165) is 41.4 Å². The first kappa shape index (κ1) is 19.0. The molecule has 0 fully saturated rings. The summed E-state index contributed by atoms with van der Waals surface area (Å²) in [5.41, 5.74) is 6.02. The third kappa shape index (κ3) is 3.68. The molecule has 0 saturated heterocycles. The molecule has 27 heavy (non-hydrogen) atoms. The van der Waals surface area contributed by atoms with Crippen molar-refractivity contribution in [2.75, 3.05) is 7.11 Å². The first-order chi connectivity index (χ1) is 13.1. The van der Waals surface area contributed by atoms with E-state index in [9.17, 15) is 9.59 Å². The monoisotopic (exact) mass is 368 g/mol. The van der Waals surface area contributed by atoms with Crippen LogP contribution in [0.25, 0.3) is 16.5 Å². The minimum Gasteiger partial charge on any atom is -0.474 e. The summed E-state index contributed by atoms with van der Waals surface area (Å²) in [6, 6.07) is 8.00. The Morgan fingerprint density at radius 2 is 2.19 bits per heavy atom. The van der Waals surface area contributed by atoms with Crippen LogP contribution < -0.4 is 5.48 Å². The Balaban J connectivity index is 2.13. The molecule has 1 unspecified atom stereocenters. The number of nitrogens with one attached hydrogen (secondary N) is 2. The van der Waals surface area contributed by atoms with Crippen LogP contribution in [0.2, 0.25) is 0 Å². The van der Waals surface area contributed by atoms with Crippen molar-refractivity contribution in [1.82, 2.24) is 10.5 Å². The van der Waals surface area contributed by atoms with Gasteiger partial charge in [0, 0.05) is 22.2 Å². The molecule has 1 amide bonds. The lowest BCUT2D eigenvalue weighted by Crippen LogP contribution is -2.24. The summed E-state index contributed by atoms with van der Waals surface area (Å²) in [5.74, 6) is 1.19. The molecule has 6 heteroatoms. The number of ether oxygens (including phenoxy) is 1. The second-order valence-electron chi connectivity index (χ2n) is 6.68. The lowest BCUT2D eigenvalue weighted by molar-refractivity contribution is -0.127. The highest BCUT2D eigenvalue weighted by molar-refractivity contribution is 6.08. The van der Waals surface area contributed by atoms with Crippen molar-refractivity contribution >= 4 is 28.3 Å². The van der Waals surface area contributed by atoms with Gasteiger partial charge in [-0.05, 0) is 37.5 Å². The Labute approximate surface area is 158 Å². The summed E-state index contributed by atoms with van der Waals surface area (Å²) >= 11 is 0. The van der Waals surface area contributed by atoms with Crippen LogP contribution in [-0.2, 0) is 19.2 Å². The number of fused-ring (bicyclic) bond motifs is 1. The predicted molar refractivity (Wildman–Crippen MR) is 103 cm³/mol. The molecule has 1 atom stereocenters. The Morgan fingerprint density at radius 1 is 1.37 bits per heavy atom. The molecule has 3 rings (SSSR count). The van der Waals surface area contributed by atoms with Gasteiger partial charge >= 0.3 is 0 Å². The minimum absolute atomic E-state index is 0.0728. The standard InChI is InChI=1S/C21H24N2O4/c1-4-5-6-10-17-19(20(18(12-24)27-17)21(25)23-26-3)16-11-14-13(2)8-7-9-15(14)22-16/h7-9,11,17,22H,4-6,10H2,1-3H3,(H,23,25). The largest absolute Gasteiger partial charge is 0.474 e. The van der Waals surface area contributed by atoms with E-state index in [4.69, 9.17) is 9.57 Å². The SMILES string of the molecule is CCCCCC1OC(=C=O)C(C(=O)NOC)=C1c1cc2c(C)cccc2[nH]1. The van der Waals surface area contributed by atoms with Crippen LogP contribution in [-0.4, -0.2) is 30.0 Å². The van der Waals surface area contributed by atoms with E-state index in [1.165, 1.54) is 7.11 Å². The number of aryl methyl sites for hydroxylation is 1. The number of carbonyl (C=O) groups is 1. The average molecular weight is 368 g/mol. The van der Waals surface area contributed by atoms with E-state index < -0.39 is 5.91 Å². The van der Waals surface area contributed by atoms with Crippen LogP contribution >= 0.6 is 0 Å². The Hall–Kier alpha value is -2.82. The number of rotatable bonds is 7. The van der Waals surface area contributed by atoms with Gasteiger partial charge in [0.05, 0.1) is 7.11 Å². The molecule has 1 aliphatic rings. The predicted octanol–water partition coefficient (Wildman–Crippen LogP) is 3.60. The molecule has 0 spiro atoms. The molecular weight excluding hydrogens is 344 g/mol. The molecule has 2 N–H and O–H groups in total. The summed E-state index contributed by atoms with van der Waals surface area (Å²) in [6.45, 7) is 4.16. The zero-order valence-corrected chi connectivity index (χ0v) is 15.8. The van der Waals surface area contributed by atoms with Crippen molar-refractivity contribution in [2.45, 2.75) is 45.6 Å². The van der Waals surface area contributed by atoms with Gasteiger partial charge in [0.2, 0.25) is 5.76 Å². The third-order valence-corrected chi connectivity index (χ3v) is 4.84. The fraction of sp³-hybridized carbons (Fsp3) is 0.381. The van der Waals surface area contributed by atoms with Gasteiger partial charge in [-0.25, -0.2) is 10.3 Å². The minimum atomic E-state index is -0.515. The van der Waals surface area contributed by atoms with E-state index >= 15 is 0 Å². The molecular formula is C21H24N2O4. The van der Waals surface area contributed by atoms with Gasteiger partial charge in [-0.1, -0.05) is 31.9 Å². The molecule has 0 aliphatic carbocycles. The van der Waals surface area contributed by atoms with E-state index in [0.29, 0.717) is 12.0 Å². The number of unbranched alkanes of at least 4 members (excludes halogenated alkanes) is 2. The van der Waals surface area contributed by atoms with Gasteiger partial charge in [0.15, 0.2) is 5.94 Å². The maximum absolute atomic E-state index is 12.6. The van der Waals surface area contributed by atoms with Crippen molar-refractivity contribution in [2.24, 2.45) is 0 Å². The number of benzene rings is 1. The third-order valence-electron chi connectivity index (χ3n) is 4.84. The summed E-state index contributed by atoms with van der Waals surface area (Å²) in [6.07, 6.45) is 3.41. The first-order valence-electron chi connectivity index (χ1n) is 9.19. The molecule has 1 aliphatic heterocycles. The van der Waals surface area contributed by atoms with Gasteiger partial charge in [-0.2, -0.15) is 0 Å². The van der Waals surface area contributed by atoms with Gasteiger partial charge < -0.3 is 9.72 Å². The van der Waals surface area contributed by atoms with Gasteiger partial charge in [-0.15, -0.1) is 0 Å². The lowest BCUT2D eigenvalue weighted by atomic mass is 9.96. The highest BCUT2D eigenvalue weighted by Gasteiger charge is 2.37. The molecule has 2 aromatic rings. The summed E-state index contributed by atoms with van der Waals surface area (Å²) in [7, 11) is 1.35. The lowest BCUT2D eigenvalue weighted by Gasteiger charge is -2.13. The Bertz CT molecular complexity index is 935. The van der Waals surface area contributed by atoms with Crippen LogP contribution in [0.15, 0.2) is 35.6 Å². The van der Waals surface area contributed by atoms with Crippen molar-refractivity contribution < 1.29 is 19.2 Å². The number of aromatic amines is 1. The quantitative estimate of drug-likeness (QED) is 0.444. The highest BCUT2D eigenvalue weighted by atomic mass is 16.6. The first-order valence-corrected chi connectivity index (χ1v) is 9.19. The molecule has 6 nitrogen and oxygen atoms in total. The molecule has 0 saturated carbocycles. The number of hydrogen-bond acceptors (Lipinski definition) is 4. The molecule has 2 heterocycles. The maximum atomic E-state index is 12.6. The van der Waals surface area contributed by atoms with Gasteiger partial charge in [0.1, 0.15) is 11.7 Å². The second kappa shape index (κ2) is 8.25. The normalized spacial score (nSPS) is 16.6. The summed E-state index contributed by atoms with van der Waals surface area (Å²) < 4.78 is 5.81. The van der Waals surface area contributed by atoms with Crippen LogP contribution in [0, 0.1) is 6.92 Å². The highest BCUT2D eigenvalue weighted by Crippen LogP contribution is 2.39. The number of carbonyl (C=O) groups excluding carboxylic acids is 2. The van der Waals surface area contributed by atoms with E-state index in [1.807, 2.05) is 31.2 Å². The van der Waals surface area contributed by atoms with E-state index in [2.05, 4.69) is 17.4 Å². The van der Waals surface area contributed by atoms with Crippen molar-refractivity contribution in [3.63, 3.8) is 0 Å². The molecule has 142 valence electrons. The number of hydrogen-bond donors (Lipinski definition) is 2. The zero-order chi connectivity index (χ0) is 19.4. The van der Waals surface area contributed by atoms with Crippen molar-refractivity contribution in [1.29, 1.82) is 0 Å². The fourth-order valence-electron chi connectivity index (χ4n) is 3.53. The van der Waals surface area contributed by atoms with Crippen LogP contribution in [0.4, 0.5) is 0 Å². The second-order valence-corrected chi connectivity index (χ2v) is 6.68. The van der Waals surface area contributed by atoms with Crippen molar-refractivity contribution in [3.05, 3.63) is 46.9 Å². The Kier molecular flexibility index (Phi) is 5.79. The number of amides is 1. The zero-order valence-electron chi connectivity index (χ0n) is 15.8. The molecule has 1 aromatic heterocycles. The topological polar surface area (TPSA) is 80.4 Å². The smallest absolute Gasteiger partial charge is 0.279 e. The fourth-order valence-corrected chi connectivity index (χ4v) is 3.53. The van der Waals surface area contributed by atoms with Gasteiger partial charge in [0.25, 0.3) is 5.91 Å². The summed E-state index contributed by atoms with van der Waals surface area (Å²) in [5, 5.41) is 1.07. The maximum Gasteiger partial charge on any atom is 0.279 e. The van der Waals surface area contributed by atoms with E-state index in [1.54, 1.807) is 5.94 Å². The van der Waals surface area contributed by atoms with Gasteiger partial charge in [-0.3, -0.25) is 9.63 Å². The average Bonchev–Trinajstić information content (AvgIpc) is 3.24. The Morgan fingerprint density at radius 3 is 2.85 bits per heavy atom.